The van der Waals surface area contributed by atoms with E-state index in [0.29, 0.717) is 24.8 Å². The third-order valence-corrected chi connectivity index (χ3v) is 9.12. The zero-order chi connectivity index (χ0) is 29.3. The second-order valence-corrected chi connectivity index (χ2v) is 12.2. The first-order valence-electron chi connectivity index (χ1n) is 16.2. The summed E-state index contributed by atoms with van der Waals surface area (Å²) in [4.78, 5) is 20.8. The molecule has 7 heteroatoms. The Hall–Kier alpha value is -3.23. The number of carbonyl (C=O) groups excluding carboxylic acids is 1. The first-order chi connectivity index (χ1) is 21.2. The zero-order valence-corrected chi connectivity index (χ0v) is 25.1. The van der Waals surface area contributed by atoms with Crippen LogP contribution in [0.5, 0.6) is 5.75 Å². The fourth-order valence-corrected chi connectivity index (χ4v) is 6.60. The lowest BCUT2D eigenvalue weighted by Crippen LogP contribution is -2.46. The van der Waals surface area contributed by atoms with Crippen molar-refractivity contribution >= 4 is 22.8 Å². The van der Waals surface area contributed by atoms with E-state index in [0.717, 1.165) is 48.5 Å². The Bertz CT molecular complexity index is 1350. The van der Waals surface area contributed by atoms with Crippen molar-refractivity contribution in [1.29, 1.82) is 0 Å². The molecule has 1 aliphatic carbocycles. The molecule has 2 saturated heterocycles. The van der Waals surface area contributed by atoms with Crippen LogP contribution in [0.1, 0.15) is 73.7 Å². The summed E-state index contributed by atoms with van der Waals surface area (Å²) in [5.74, 6) is 0.623. The van der Waals surface area contributed by atoms with Crippen LogP contribution in [0.4, 0.5) is 0 Å². The van der Waals surface area contributed by atoms with Gasteiger partial charge < -0.3 is 19.7 Å². The number of likely N-dealkylation sites (tertiary alicyclic amines) is 1. The summed E-state index contributed by atoms with van der Waals surface area (Å²) in [6, 6.07) is 23.5. The molecular weight excluding hydrogens is 538 g/mol. The number of benzene rings is 3. The van der Waals surface area contributed by atoms with Gasteiger partial charge in [0.15, 0.2) is 6.29 Å². The number of rotatable bonds is 11. The maximum absolute atomic E-state index is 12.6. The van der Waals surface area contributed by atoms with Gasteiger partial charge in [-0.3, -0.25) is 4.79 Å². The van der Waals surface area contributed by atoms with E-state index in [4.69, 9.17) is 14.3 Å². The summed E-state index contributed by atoms with van der Waals surface area (Å²) in [6.45, 7) is 4.29. The highest BCUT2D eigenvalue weighted by Crippen LogP contribution is 2.27. The normalized spacial score (nSPS) is 20.8. The number of hydroxylamine groups is 1. The summed E-state index contributed by atoms with van der Waals surface area (Å²) in [6.07, 6.45) is 12.6. The van der Waals surface area contributed by atoms with Crippen LogP contribution in [0.3, 0.4) is 0 Å². The number of carbonyl (C=O) groups is 1. The smallest absolute Gasteiger partial charge is 0.274 e. The van der Waals surface area contributed by atoms with E-state index in [-0.39, 0.29) is 12.2 Å². The molecule has 1 amide bonds. The number of ether oxygens (including phenoxy) is 2. The van der Waals surface area contributed by atoms with Crippen LogP contribution in [-0.2, 0) is 9.57 Å². The molecule has 3 aromatic rings. The molecule has 43 heavy (non-hydrogen) atoms. The molecule has 1 unspecified atom stereocenters. The highest BCUT2D eigenvalue weighted by atomic mass is 16.8. The SMILES string of the molecule is O=C(NOC1CCCCO1)c1ccc(/C=C(/CNC2CCN(C3CCCC3)CC2)COc2cccc3ccccc23)cc1. The molecule has 2 heterocycles. The van der Waals surface area contributed by atoms with Gasteiger partial charge in [0.2, 0.25) is 0 Å². The van der Waals surface area contributed by atoms with E-state index >= 15 is 0 Å². The maximum atomic E-state index is 12.6. The molecule has 228 valence electrons. The lowest BCUT2D eigenvalue weighted by molar-refractivity contribution is -0.186. The first kappa shape index (κ1) is 29.8. The molecule has 0 aromatic heterocycles. The molecule has 6 rings (SSSR count). The van der Waals surface area contributed by atoms with Crippen LogP contribution in [-0.4, -0.2) is 62.0 Å². The minimum absolute atomic E-state index is 0.269. The van der Waals surface area contributed by atoms with E-state index in [9.17, 15) is 4.79 Å². The van der Waals surface area contributed by atoms with Gasteiger partial charge in [-0.25, -0.2) is 10.3 Å². The monoisotopic (exact) mass is 583 g/mol. The van der Waals surface area contributed by atoms with Crippen LogP contribution in [0.25, 0.3) is 16.8 Å². The van der Waals surface area contributed by atoms with Gasteiger partial charge in [0.05, 0.1) is 0 Å². The van der Waals surface area contributed by atoms with Crippen molar-refractivity contribution in [2.75, 3.05) is 32.8 Å². The maximum Gasteiger partial charge on any atom is 0.274 e. The average molecular weight is 584 g/mol. The van der Waals surface area contributed by atoms with Gasteiger partial charge in [0.1, 0.15) is 12.4 Å². The lowest BCUT2D eigenvalue weighted by Gasteiger charge is -2.36. The van der Waals surface area contributed by atoms with Crippen LogP contribution < -0.4 is 15.5 Å². The van der Waals surface area contributed by atoms with Crippen molar-refractivity contribution in [2.24, 2.45) is 0 Å². The Kier molecular flexibility index (Phi) is 10.4. The van der Waals surface area contributed by atoms with Gasteiger partial charge in [0.25, 0.3) is 5.91 Å². The molecule has 0 radical (unpaired) electrons. The van der Waals surface area contributed by atoms with Gasteiger partial charge in [-0.1, -0.05) is 67.4 Å². The Morgan fingerprint density at radius 1 is 0.884 bits per heavy atom. The van der Waals surface area contributed by atoms with Gasteiger partial charge in [-0.05, 0) is 86.3 Å². The van der Waals surface area contributed by atoms with Gasteiger partial charge in [0, 0.05) is 42.6 Å². The van der Waals surface area contributed by atoms with Crippen molar-refractivity contribution in [3.05, 3.63) is 83.4 Å². The van der Waals surface area contributed by atoms with Crippen molar-refractivity contribution < 1.29 is 19.1 Å². The minimum Gasteiger partial charge on any atom is -0.489 e. The summed E-state index contributed by atoms with van der Waals surface area (Å²) >= 11 is 0. The molecule has 0 bridgehead atoms. The summed E-state index contributed by atoms with van der Waals surface area (Å²) < 4.78 is 12.0. The van der Waals surface area contributed by atoms with Crippen molar-refractivity contribution in [3.8, 4) is 5.75 Å². The van der Waals surface area contributed by atoms with Crippen LogP contribution in [0, 0.1) is 0 Å². The largest absolute Gasteiger partial charge is 0.489 e. The topological polar surface area (TPSA) is 72.1 Å². The molecule has 2 aliphatic heterocycles. The molecular formula is C36H45N3O4. The predicted octanol–water partition coefficient (Wildman–Crippen LogP) is 6.49. The highest BCUT2D eigenvalue weighted by Gasteiger charge is 2.27. The molecule has 3 fully saturated rings. The lowest BCUT2D eigenvalue weighted by atomic mass is 10.0. The van der Waals surface area contributed by atoms with Crippen molar-refractivity contribution in [2.45, 2.75) is 76.2 Å². The fraction of sp³-hybridized carbons (Fsp3) is 0.472. The Labute approximate surface area is 255 Å². The molecule has 7 nitrogen and oxygen atoms in total. The second kappa shape index (κ2) is 15.0. The van der Waals surface area contributed by atoms with E-state index in [1.54, 1.807) is 0 Å². The van der Waals surface area contributed by atoms with Crippen LogP contribution in [0.2, 0.25) is 0 Å². The van der Waals surface area contributed by atoms with Crippen molar-refractivity contribution in [1.82, 2.24) is 15.7 Å². The van der Waals surface area contributed by atoms with Gasteiger partial charge in [-0.2, -0.15) is 0 Å². The fourth-order valence-electron chi connectivity index (χ4n) is 6.60. The molecule has 3 aliphatic rings. The predicted molar refractivity (Wildman–Crippen MR) is 171 cm³/mol. The number of nitrogens with one attached hydrogen (secondary N) is 2. The molecule has 1 saturated carbocycles. The minimum atomic E-state index is -0.369. The summed E-state index contributed by atoms with van der Waals surface area (Å²) in [7, 11) is 0. The number of nitrogens with zero attached hydrogens (tertiary/aromatic N) is 1. The standard InChI is InChI=1S/C36H45N3O4/c40-36(38-43-35-14-5-6-23-41-35)30-17-15-27(16-18-30)24-28(26-42-34-13-7-9-29-8-1-4-12-33(29)34)25-37-31-19-21-39(22-20-31)32-10-2-3-11-32/h1,4,7-9,12-13,15-18,24,31-32,35,37H,2-3,5-6,10-11,14,19-23,25-26H2,(H,38,40)/b28-24-. The average Bonchev–Trinajstić information content (AvgIpc) is 3.61. The Balaban J connectivity index is 1.09. The third-order valence-electron chi connectivity index (χ3n) is 9.12. The third kappa shape index (κ3) is 8.24. The van der Waals surface area contributed by atoms with Crippen molar-refractivity contribution in [3.63, 3.8) is 0 Å². The molecule has 2 N–H and O–H groups in total. The van der Waals surface area contributed by atoms with Crippen LogP contribution >= 0.6 is 0 Å². The number of fused-ring (bicyclic) bond motifs is 1. The first-order valence-corrected chi connectivity index (χ1v) is 16.2. The number of piperidine rings is 1. The number of hydrogen-bond acceptors (Lipinski definition) is 6. The number of hydrogen-bond donors (Lipinski definition) is 2. The molecule has 1 atom stereocenters. The van der Waals surface area contributed by atoms with E-state index in [1.807, 2.05) is 36.4 Å². The van der Waals surface area contributed by atoms with E-state index < -0.39 is 0 Å². The molecule has 0 spiro atoms. The zero-order valence-electron chi connectivity index (χ0n) is 25.1. The van der Waals surface area contributed by atoms with Crippen LogP contribution in [0.15, 0.2) is 72.3 Å². The van der Waals surface area contributed by atoms with E-state index in [1.165, 1.54) is 62.6 Å². The summed E-state index contributed by atoms with van der Waals surface area (Å²) in [5.41, 5.74) is 5.29. The second-order valence-electron chi connectivity index (χ2n) is 12.2. The van der Waals surface area contributed by atoms with Gasteiger partial charge in [-0.15, -0.1) is 0 Å². The van der Waals surface area contributed by atoms with Gasteiger partial charge >= 0.3 is 0 Å². The quantitative estimate of drug-likeness (QED) is 0.252. The summed E-state index contributed by atoms with van der Waals surface area (Å²) in [5, 5.41) is 6.13. The number of amides is 1. The van der Waals surface area contributed by atoms with E-state index in [2.05, 4.69) is 52.1 Å². The Morgan fingerprint density at radius 3 is 2.44 bits per heavy atom. The molecule has 3 aromatic carbocycles. The highest BCUT2D eigenvalue weighted by molar-refractivity contribution is 5.93. The Morgan fingerprint density at radius 2 is 1.65 bits per heavy atom.